The maximum atomic E-state index is 12.2. The van der Waals surface area contributed by atoms with Crippen LogP contribution >= 0.6 is 22.6 Å². The van der Waals surface area contributed by atoms with Crippen molar-refractivity contribution in [1.82, 2.24) is 0 Å². The first-order valence-corrected chi connectivity index (χ1v) is 8.12. The van der Waals surface area contributed by atoms with Crippen molar-refractivity contribution in [1.29, 1.82) is 0 Å². The lowest BCUT2D eigenvalue weighted by molar-refractivity contribution is -0.173. The van der Waals surface area contributed by atoms with Crippen molar-refractivity contribution < 1.29 is 19.1 Å². The Morgan fingerprint density at radius 3 is 2.95 bits per heavy atom. The van der Waals surface area contributed by atoms with Crippen LogP contribution in [0.3, 0.4) is 0 Å². The highest BCUT2D eigenvalue weighted by atomic mass is 127. The lowest BCUT2D eigenvalue weighted by atomic mass is 9.63. The molecule has 19 heavy (non-hydrogen) atoms. The third kappa shape index (κ3) is 2.08. The van der Waals surface area contributed by atoms with E-state index in [0.717, 1.165) is 25.7 Å². The van der Waals surface area contributed by atoms with E-state index in [1.54, 1.807) is 0 Å². The first kappa shape index (κ1) is 13.6. The highest BCUT2D eigenvalue weighted by Crippen LogP contribution is 2.52. The Morgan fingerprint density at radius 1 is 1.53 bits per heavy atom. The number of hydrogen-bond acceptors (Lipinski definition) is 4. The summed E-state index contributed by atoms with van der Waals surface area (Å²) in [5, 5.41) is 0. The van der Waals surface area contributed by atoms with Crippen molar-refractivity contribution in [2.24, 2.45) is 17.8 Å². The third-order valence-electron chi connectivity index (χ3n) is 5.04. The molecule has 0 N–H and O–H groups in total. The zero-order valence-corrected chi connectivity index (χ0v) is 13.4. The minimum Gasteiger partial charge on any atom is -0.458 e. The predicted octanol–water partition coefficient (Wildman–Crippen LogP) is 2.47. The number of carbonyl (C=O) groups is 2. The van der Waals surface area contributed by atoms with Gasteiger partial charge in [0, 0.05) is 11.8 Å². The Hall–Kier alpha value is -0.330. The second kappa shape index (κ2) is 4.60. The Balaban J connectivity index is 1.76. The summed E-state index contributed by atoms with van der Waals surface area (Å²) in [5.74, 6) is 0.395. The molecular formula is C14H19IO4. The molecule has 106 valence electrons. The van der Waals surface area contributed by atoms with Crippen LogP contribution in [-0.2, 0) is 19.1 Å². The minimum atomic E-state index is -0.490. The molecule has 4 nitrogen and oxygen atoms in total. The Bertz CT molecular complexity index is 420. The van der Waals surface area contributed by atoms with Gasteiger partial charge < -0.3 is 9.47 Å². The summed E-state index contributed by atoms with van der Waals surface area (Å²) in [6, 6.07) is 0. The summed E-state index contributed by atoms with van der Waals surface area (Å²) in [6.07, 6.45) is 3.26. The monoisotopic (exact) mass is 378 g/mol. The molecule has 1 heterocycles. The summed E-state index contributed by atoms with van der Waals surface area (Å²) in [6.45, 7) is 3.87. The van der Waals surface area contributed by atoms with Crippen molar-refractivity contribution in [3.05, 3.63) is 0 Å². The molecule has 0 aromatic heterocycles. The number of alkyl halides is 1. The molecule has 3 saturated carbocycles. The summed E-state index contributed by atoms with van der Waals surface area (Å²) < 4.78 is 10.7. The third-order valence-corrected chi connectivity index (χ3v) is 6.25. The lowest BCUT2D eigenvalue weighted by Crippen LogP contribution is -2.51. The Morgan fingerprint density at radius 2 is 2.26 bits per heavy atom. The fourth-order valence-corrected chi connectivity index (χ4v) is 3.76. The maximum Gasteiger partial charge on any atom is 0.322 e. The number of carbonyl (C=O) groups excluding carboxylic acids is 2. The quantitative estimate of drug-likeness (QED) is 0.430. The van der Waals surface area contributed by atoms with Crippen LogP contribution in [0.15, 0.2) is 0 Å². The van der Waals surface area contributed by atoms with Gasteiger partial charge in [-0.2, -0.15) is 0 Å². The average Bonchev–Trinajstić information content (AvgIpc) is 2.67. The number of halogens is 1. The molecule has 6 unspecified atom stereocenters. The van der Waals surface area contributed by atoms with Crippen LogP contribution < -0.4 is 0 Å². The number of rotatable bonds is 3. The van der Waals surface area contributed by atoms with E-state index in [4.69, 9.17) is 9.47 Å². The molecule has 4 aliphatic rings. The maximum absolute atomic E-state index is 12.2. The Labute approximate surface area is 126 Å². The van der Waals surface area contributed by atoms with Crippen molar-refractivity contribution in [2.75, 3.05) is 0 Å². The fourth-order valence-electron chi connectivity index (χ4n) is 3.63. The second-order valence-electron chi connectivity index (χ2n) is 6.17. The molecule has 0 aromatic rings. The molecular weight excluding hydrogens is 359 g/mol. The van der Waals surface area contributed by atoms with Gasteiger partial charge in [0.1, 0.15) is 15.6 Å². The first-order valence-electron chi connectivity index (χ1n) is 7.04. The topological polar surface area (TPSA) is 52.6 Å². The molecule has 3 aliphatic carbocycles. The molecule has 4 fully saturated rings. The highest BCUT2D eigenvalue weighted by Gasteiger charge is 2.59. The molecule has 4 rings (SSSR count). The van der Waals surface area contributed by atoms with Gasteiger partial charge in [0.2, 0.25) is 0 Å². The van der Waals surface area contributed by atoms with E-state index in [0.29, 0.717) is 5.92 Å². The molecule has 6 atom stereocenters. The van der Waals surface area contributed by atoms with Crippen LogP contribution in [0, 0.1) is 17.8 Å². The molecule has 4 bridgehead atoms. The number of fused-ring (bicyclic) bond motifs is 1. The van der Waals surface area contributed by atoms with Gasteiger partial charge in [-0.15, -0.1) is 0 Å². The Kier molecular flexibility index (Phi) is 3.30. The molecule has 0 amide bonds. The zero-order valence-electron chi connectivity index (χ0n) is 11.2. The molecule has 5 heteroatoms. The van der Waals surface area contributed by atoms with Crippen molar-refractivity contribution in [3.8, 4) is 0 Å². The summed E-state index contributed by atoms with van der Waals surface area (Å²) >= 11 is 2.14. The van der Waals surface area contributed by atoms with Crippen molar-refractivity contribution in [3.63, 3.8) is 0 Å². The van der Waals surface area contributed by atoms with Gasteiger partial charge >= 0.3 is 11.9 Å². The fraction of sp³-hybridized carbons (Fsp3) is 0.857. The molecule has 1 saturated heterocycles. The van der Waals surface area contributed by atoms with E-state index in [2.05, 4.69) is 22.6 Å². The van der Waals surface area contributed by atoms with Crippen LogP contribution in [0.2, 0.25) is 0 Å². The number of ether oxygens (including phenoxy) is 2. The molecule has 0 radical (unpaired) electrons. The van der Waals surface area contributed by atoms with E-state index < -0.39 is 3.42 Å². The van der Waals surface area contributed by atoms with E-state index in [9.17, 15) is 9.59 Å². The van der Waals surface area contributed by atoms with Crippen LogP contribution in [0.5, 0.6) is 0 Å². The van der Waals surface area contributed by atoms with E-state index >= 15 is 0 Å². The van der Waals surface area contributed by atoms with Crippen LogP contribution in [0.25, 0.3) is 0 Å². The average molecular weight is 378 g/mol. The molecule has 0 aromatic carbocycles. The van der Waals surface area contributed by atoms with Gasteiger partial charge in [0.15, 0.2) is 0 Å². The first-order chi connectivity index (χ1) is 8.94. The largest absolute Gasteiger partial charge is 0.458 e. The number of hydrogen-bond donors (Lipinski definition) is 0. The highest BCUT2D eigenvalue weighted by molar-refractivity contribution is 14.1. The molecule has 0 spiro atoms. The SMILES string of the molecule is CCC(C)(I)C(=O)OC1C2CCC3C(C2)C(=O)OC31. The van der Waals surface area contributed by atoms with Gasteiger partial charge in [-0.05, 0) is 32.6 Å². The van der Waals surface area contributed by atoms with Crippen molar-refractivity contribution in [2.45, 2.75) is 55.2 Å². The van der Waals surface area contributed by atoms with Gasteiger partial charge in [-0.3, -0.25) is 9.59 Å². The molecule has 1 aliphatic heterocycles. The van der Waals surface area contributed by atoms with Gasteiger partial charge in [-0.25, -0.2) is 0 Å². The van der Waals surface area contributed by atoms with Gasteiger partial charge in [0.05, 0.1) is 5.92 Å². The van der Waals surface area contributed by atoms with Crippen LogP contribution in [-0.4, -0.2) is 27.6 Å². The van der Waals surface area contributed by atoms with E-state index in [1.165, 1.54) is 0 Å². The van der Waals surface area contributed by atoms with Crippen LogP contribution in [0.4, 0.5) is 0 Å². The summed E-state index contributed by atoms with van der Waals surface area (Å²) in [5.41, 5.74) is 0. The minimum absolute atomic E-state index is 0.0656. The normalized spacial score (nSPS) is 42.7. The summed E-state index contributed by atoms with van der Waals surface area (Å²) in [4.78, 5) is 24.0. The van der Waals surface area contributed by atoms with E-state index in [1.807, 2.05) is 13.8 Å². The van der Waals surface area contributed by atoms with Gasteiger partial charge in [0.25, 0.3) is 0 Å². The second-order valence-corrected chi connectivity index (χ2v) is 8.55. The predicted molar refractivity (Wildman–Crippen MR) is 76.8 cm³/mol. The standard InChI is InChI=1S/C14H19IO4/c1-3-14(2,15)13(17)19-10-7-4-5-8-9(6-7)12(16)18-11(8)10/h7-11H,3-6H2,1-2H3. The van der Waals surface area contributed by atoms with Crippen molar-refractivity contribution >= 4 is 34.5 Å². The zero-order chi connectivity index (χ0) is 13.8. The lowest BCUT2D eigenvalue weighted by Gasteiger charge is -2.44. The smallest absolute Gasteiger partial charge is 0.322 e. The van der Waals surface area contributed by atoms with Crippen LogP contribution in [0.1, 0.15) is 39.5 Å². The van der Waals surface area contributed by atoms with E-state index in [-0.39, 0.29) is 36.0 Å². The summed E-state index contributed by atoms with van der Waals surface area (Å²) in [7, 11) is 0. The number of esters is 2. The van der Waals surface area contributed by atoms with Gasteiger partial charge in [-0.1, -0.05) is 29.5 Å².